The van der Waals surface area contributed by atoms with Crippen LogP contribution in [0.25, 0.3) is 55.6 Å². The van der Waals surface area contributed by atoms with E-state index in [0.29, 0.717) is 0 Å². The van der Waals surface area contributed by atoms with E-state index in [0.717, 1.165) is 20.1 Å². The lowest BCUT2D eigenvalue weighted by atomic mass is 9.88. The van der Waals surface area contributed by atoms with Crippen LogP contribution in [0.3, 0.4) is 0 Å². The Labute approximate surface area is 240 Å². The summed E-state index contributed by atoms with van der Waals surface area (Å²) in [6, 6.07) is 51.6. The van der Waals surface area contributed by atoms with Gasteiger partial charge in [-0.2, -0.15) is 0 Å². The second-order valence-electron chi connectivity index (χ2n) is 9.22. The summed E-state index contributed by atoms with van der Waals surface area (Å²) in [4.78, 5) is 0. The molecule has 0 aliphatic heterocycles. The van der Waals surface area contributed by atoms with Crippen molar-refractivity contribution in [3.63, 3.8) is 0 Å². The molecule has 0 aromatic heterocycles. The molecule has 0 heterocycles. The molecule has 0 aliphatic rings. The predicted octanol–water partition coefficient (Wildman–Crippen LogP) is 11.5. The van der Waals surface area contributed by atoms with E-state index in [9.17, 15) is 0 Å². The van der Waals surface area contributed by atoms with Crippen molar-refractivity contribution in [2.45, 2.75) is 0 Å². The molecule has 0 spiro atoms. The molecule has 0 saturated carbocycles. The highest BCUT2D eigenvalue weighted by Gasteiger charge is 2.18. The molecule has 6 rings (SSSR count). The number of hydrogen-bond donors (Lipinski definition) is 0. The second kappa shape index (κ2) is 10.9. The van der Waals surface area contributed by atoms with Crippen LogP contribution in [0.15, 0.2) is 155 Å². The minimum atomic E-state index is 1.06. The molecule has 2 heteroatoms. The zero-order valence-corrected chi connectivity index (χ0v) is 23.8. The van der Waals surface area contributed by atoms with Gasteiger partial charge in [0.15, 0.2) is 0 Å². The standard InChI is InChI=1S/C36H24Br2/c37-35-23-31(27-17-9-3-10-18-27)29(25-13-5-1-6-14-25)21-33(35)34-22-30(26-15-7-2-8-16-26)32(24-36(34)38)28-19-11-4-12-20-28/h1-24H. The van der Waals surface area contributed by atoms with E-state index in [1.165, 1.54) is 44.5 Å². The molecule has 6 aromatic carbocycles. The maximum atomic E-state index is 3.95. The number of hydrogen-bond acceptors (Lipinski definition) is 0. The maximum absolute atomic E-state index is 3.95. The lowest BCUT2D eigenvalue weighted by Crippen LogP contribution is -1.93. The highest BCUT2D eigenvalue weighted by molar-refractivity contribution is 9.11. The van der Waals surface area contributed by atoms with Crippen molar-refractivity contribution >= 4 is 31.9 Å². The monoisotopic (exact) mass is 614 g/mol. The van der Waals surface area contributed by atoms with Gasteiger partial charge in [0.2, 0.25) is 0 Å². The van der Waals surface area contributed by atoms with E-state index in [4.69, 9.17) is 0 Å². The molecular formula is C36H24Br2. The number of benzene rings is 6. The highest BCUT2D eigenvalue weighted by atomic mass is 79.9. The third kappa shape index (κ3) is 4.90. The van der Waals surface area contributed by atoms with E-state index >= 15 is 0 Å². The van der Waals surface area contributed by atoms with Gasteiger partial charge in [0, 0.05) is 8.95 Å². The topological polar surface area (TPSA) is 0 Å². The Balaban J connectivity index is 1.60. The van der Waals surface area contributed by atoms with E-state index in [2.05, 4.69) is 177 Å². The van der Waals surface area contributed by atoms with Gasteiger partial charge < -0.3 is 0 Å². The summed E-state index contributed by atoms with van der Waals surface area (Å²) >= 11 is 7.89. The van der Waals surface area contributed by atoms with Crippen molar-refractivity contribution in [1.29, 1.82) is 0 Å². The van der Waals surface area contributed by atoms with Gasteiger partial charge in [0.25, 0.3) is 0 Å². The smallest absolute Gasteiger partial charge is 0.0260 e. The number of halogens is 2. The minimum Gasteiger partial charge on any atom is -0.0622 e. The Hall–Kier alpha value is -3.72. The summed E-state index contributed by atoms with van der Waals surface area (Å²) in [6.45, 7) is 0. The molecule has 0 bridgehead atoms. The molecule has 0 atom stereocenters. The van der Waals surface area contributed by atoms with Crippen molar-refractivity contribution in [2.24, 2.45) is 0 Å². The van der Waals surface area contributed by atoms with Gasteiger partial charge in [0.1, 0.15) is 0 Å². The first kappa shape index (κ1) is 24.6. The van der Waals surface area contributed by atoms with Crippen LogP contribution in [0, 0.1) is 0 Å². The molecule has 0 unspecified atom stereocenters. The Bertz CT molecular complexity index is 1560. The molecule has 0 nitrogen and oxygen atoms in total. The molecule has 6 aromatic rings. The van der Waals surface area contributed by atoms with Gasteiger partial charge in [-0.05, 0) is 79.9 Å². The average molecular weight is 616 g/mol. The largest absolute Gasteiger partial charge is 0.0622 e. The fraction of sp³-hybridized carbons (Fsp3) is 0. The van der Waals surface area contributed by atoms with E-state index in [1.54, 1.807) is 0 Å². The van der Waals surface area contributed by atoms with Crippen molar-refractivity contribution in [1.82, 2.24) is 0 Å². The third-order valence-electron chi connectivity index (χ3n) is 6.84. The van der Waals surface area contributed by atoms with Crippen molar-refractivity contribution in [3.05, 3.63) is 155 Å². The predicted molar refractivity (Wildman–Crippen MR) is 169 cm³/mol. The average Bonchev–Trinajstić information content (AvgIpc) is 2.99. The van der Waals surface area contributed by atoms with Crippen LogP contribution < -0.4 is 0 Å². The molecule has 0 saturated heterocycles. The Morgan fingerprint density at radius 2 is 0.500 bits per heavy atom. The van der Waals surface area contributed by atoms with Gasteiger partial charge in [-0.25, -0.2) is 0 Å². The molecule has 0 fully saturated rings. The summed E-state index contributed by atoms with van der Waals surface area (Å²) in [5, 5.41) is 0. The van der Waals surface area contributed by atoms with E-state index in [-0.39, 0.29) is 0 Å². The quantitative estimate of drug-likeness (QED) is 0.181. The summed E-state index contributed by atoms with van der Waals surface area (Å²) < 4.78 is 2.12. The van der Waals surface area contributed by atoms with Crippen LogP contribution >= 0.6 is 31.9 Å². The van der Waals surface area contributed by atoms with Gasteiger partial charge in [-0.3, -0.25) is 0 Å². The summed E-state index contributed by atoms with van der Waals surface area (Å²) in [5.41, 5.74) is 11.9. The molecule has 0 radical (unpaired) electrons. The number of rotatable bonds is 5. The highest BCUT2D eigenvalue weighted by Crippen LogP contribution is 2.45. The first-order valence-electron chi connectivity index (χ1n) is 12.6. The van der Waals surface area contributed by atoms with Crippen LogP contribution in [0.4, 0.5) is 0 Å². The van der Waals surface area contributed by atoms with Crippen LogP contribution in [-0.2, 0) is 0 Å². The van der Waals surface area contributed by atoms with Crippen molar-refractivity contribution in [3.8, 4) is 55.6 Å². The normalized spacial score (nSPS) is 10.9. The molecule has 0 aliphatic carbocycles. The van der Waals surface area contributed by atoms with Gasteiger partial charge in [-0.15, -0.1) is 0 Å². The van der Waals surface area contributed by atoms with Gasteiger partial charge >= 0.3 is 0 Å². The van der Waals surface area contributed by atoms with Crippen LogP contribution in [0.5, 0.6) is 0 Å². The van der Waals surface area contributed by atoms with E-state index < -0.39 is 0 Å². The van der Waals surface area contributed by atoms with Crippen LogP contribution in [0.1, 0.15) is 0 Å². The summed E-state index contributed by atoms with van der Waals surface area (Å²) in [5.74, 6) is 0. The molecular weight excluding hydrogens is 592 g/mol. The lowest BCUT2D eigenvalue weighted by molar-refractivity contribution is 1.51. The minimum absolute atomic E-state index is 1.06. The molecule has 38 heavy (non-hydrogen) atoms. The fourth-order valence-corrected chi connectivity index (χ4v) is 6.10. The Morgan fingerprint density at radius 3 is 0.763 bits per heavy atom. The Kier molecular flexibility index (Phi) is 7.09. The van der Waals surface area contributed by atoms with Gasteiger partial charge in [0.05, 0.1) is 0 Å². The molecule has 182 valence electrons. The zero-order valence-electron chi connectivity index (χ0n) is 20.6. The fourth-order valence-electron chi connectivity index (χ4n) is 4.99. The SMILES string of the molecule is Brc1cc(-c2ccccc2)c(-c2ccccc2)cc1-c1cc(-c2ccccc2)c(-c2ccccc2)cc1Br. The van der Waals surface area contributed by atoms with E-state index in [1.807, 2.05) is 0 Å². The van der Waals surface area contributed by atoms with Crippen molar-refractivity contribution < 1.29 is 0 Å². The maximum Gasteiger partial charge on any atom is 0.0260 e. The summed E-state index contributed by atoms with van der Waals surface area (Å²) in [6.07, 6.45) is 0. The first-order chi connectivity index (χ1) is 18.7. The Morgan fingerprint density at radius 1 is 0.263 bits per heavy atom. The second-order valence-corrected chi connectivity index (χ2v) is 10.9. The van der Waals surface area contributed by atoms with Crippen molar-refractivity contribution in [2.75, 3.05) is 0 Å². The van der Waals surface area contributed by atoms with Crippen LogP contribution in [0.2, 0.25) is 0 Å². The summed E-state index contributed by atoms with van der Waals surface area (Å²) in [7, 11) is 0. The molecule has 0 N–H and O–H groups in total. The lowest BCUT2D eigenvalue weighted by Gasteiger charge is -2.19. The molecule has 0 amide bonds. The van der Waals surface area contributed by atoms with Gasteiger partial charge in [-0.1, -0.05) is 153 Å². The third-order valence-corrected chi connectivity index (χ3v) is 8.16. The first-order valence-corrected chi connectivity index (χ1v) is 14.2. The van der Waals surface area contributed by atoms with Crippen LogP contribution in [-0.4, -0.2) is 0 Å². The zero-order chi connectivity index (χ0) is 25.9.